The zero-order valence-corrected chi connectivity index (χ0v) is 14.0. The molecule has 0 saturated heterocycles. The van der Waals surface area contributed by atoms with E-state index in [2.05, 4.69) is 15.4 Å². The molecule has 0 unspecified atom stereocenters. The van der Waals surface area contributed by atoms with E-state index >= 15 is 0 Å². The molecule has 1 aliphatic rings. The molecule has 2 N–H and O–H groups in total. The number of hydrogen-bond donors (Lipinski definition) is 2. The van der Waals surface area contributed by atoms with Gasteiger partial charge in [0.25, 0.3) is 0 Å². The Morgan fingerprint density at radius 2 is 2.00 bits per heavy atom. The van der Waals surface area contributed by atoms with E-state index in [1.54, 1.807) is 6.07 Å². The molecule has 0 atom stereocenters. The van der Waals surface area contributed by atoms with Crippen LogP contribution in [0.4, 0.5) is 4.79 Å². The Labute approximate surface area is 135 Å². The number of hydrogen-bond acceptors (Lipinski definition) is 6. The molecule has 7 heteroatoms. The summed E-state index contributed by atoms with van der Waals surface area (Å²) in [4.78, 5) is 23.2. The molecule has 1 aromatic rings. The maximum atomic E-state index is 11.6. The van der Waals surface area contributed by atoms with Crippen LogP contribution in [0.1, 0.15) is 49.7 Å². The average molecular weight is 324 g/mol. The summed E-state index contributed by atoms with van der Waals surface area (Å²) in [5.41, 5.74) is 0.275. The third-order valence-corrected chi connectivity index (χ3v) is 3.56. The Bertz CT molecular complexity index is 555. The monoisotopic (exact) mass is 324 g/mol. The van der Waals surface area contributed by atoms with Crippen LogP contribution in [0, 0.1) is 0 Å². The summed E-state index contributed by atoms with van der Waals surface area (Å²) in [5, 5.41) is 6.17. The van der Waals surface area contributed by atoms with Crippen LogP contribution < -0.4 is 10.6 Å². The van der Waals surface area contributed by atoms with Gasteiger partial charge in [-0.3, -0.25) is 0 Å². The zero-order valence-electron chi connectivity index (χ0n) is 14.0. The SMILES string of the molecule is COC(=O)c1occc1CNC1CC(NC(=O)OC(C)(C)C)C1. The fourth-order valence-corrected chi connectivity index (χ4v) is 2.38. The van der Waals surface area contributed by atoms with E-state index in [0.717, 1.165) is 18.4 Å². The van der Waals surface area contributed by atoms with Gasteiger partial charge in [0.05, 0.1) is 13.4 Å². The summed E-state index contributed by atoms with van der Waals surface area (Å²) in [5.74, 6) is -0.257. The Morgan fingerprint density at radius 3 is 2.61 bits per heavy atom. The van der Waals surface area contributed by atoms with Crippen LogP contribution >= 0.6 is 0 Å². The summed E-state index contributed by atoms with van der Waals surface area (Å²) >= 11 is 0. The largest absolute Gasteiger partial charge is 0.463 e. The fraction of sp³-hybridized carbons (Fsp3) is 0.625. The van der Waals surface area contributed by atoms with Gasteiger partial charge in [0, 0.05) is 24.2 Å². The molecule has 0 aromatic carbocycles. The second kappa shape index (κ2) is 7.04. The first-order valence-corrected chi connectivity index (χ1v) is 7.66. The van der Waals surface area contributed by atoms with Crippen molar-refractivity contribution in [3.05, 3.63) is 23.7 Å². The van der Waals surface area contributed by atoms with Gasteiger partial charge >= 0.3 is 12.1 Å². The van der Waals surface area contributed by atoms with Gasteiger partial charge in [-0.15, -0.1) is 0 Å². The molecule has 0 radical (unpaired) electrons. The molecule has 0 spiro atoms. The quantitative estimate of drug-likeness (QED) is 0.807. The molecular formula is C16H24N2O5. The number of furan rings is 1. The molecule has 1 heterocycles. The van der Waals surface area contributed by atoms with Crippen LogP contribution in [0.3, 0.4) is 0 Å². The highest BCUT2D eigenvalue weighted by Crippen LogP contribution is 2.22. The first-order chi connectivity index (χ1) is 10.8. The van der Waals surface area contributed by atoms with Crippen molar-refractivity contribution in [1.82, 2.24) is 10.6 Å². The highest BCUT2D eigenvalue weighted by Gasteiger charge is 2.31. The van der Waals surface area contributed by atoms with E-state index < -0.39 is 11.6 Å². The first kappa shape index (κ1) is 17.3. The Kier molecular flexibility index (Phi) is 5.30. The topological polar surface area (TPSA) is 89.8 Å². The molecule has 1 aliphatic carbocycles. The number of ether oxygens (including phenoxy) is 2. The summed E-state index contributed by atoms with van der Waals surface area (Å²) in [6.45, 7) is 6.02. The van der Waals surface area contributed by atoms with Crippen molar-refractivity contribution in [3.63, 3.8) is 0 Å². The van der Waals surface area contributed by atoms with Crippen LogP contribution in [-0.2, 0) is 16.0 Å². The van der Waals surface area contributed by atoms with Crippen molar-refractivity contribution in [2.45, 2.75) is 57.8 Å². The number of amides is 1. The Hall–Kier alpha value is -2.02. The maximum Gasteiger partial charge on any atom is 0.407 e. The minimum atomic E-state index is -0.489. The molecule has 1 saturated carbocycles. The predicted molar refractivity (Wildman–Crippen MR) is 83.1 cm³/mol. The average Bonchev–Trinajstić information content (AvgIpc) is 2.86. The lowest BCUT2D eigenvalue weighted by atomic mass is 9.87. The lowest BCUT2D eigenvalue weighted by molar-refractivity contribution is 0.0463. The van der Waals surface area contributed by atoms with E-state index in [0.29, 0.717) is 6.54 Å². The zero-order chi connectivity index (χ0) is 17.0. The van der Waals surface area contributed by atoms with Crippen LogP contribution in [0.25, 0.3) is 0 Å². The normalized spacial score (nSPS) is 20.5. The van der Waals surface area contributed by atoms with Gasteiger partial charge in [-0.25, -0.2) is 9.59 Å². The molecule has 7 nitrogen and oxygen atoms in total. The molecular weight excluding hydrogens is 300 g/mol. The van der Waals surface area contributed by atoms with Gasteiger partial charge in [-0.1, -0.05) is 0 Å². The lowest BCUT2D eigenvalue weighted by Crippen LogP contribution is -2.53. The number of alkyl carbamates (subject to hydrolysis) is 1. The van der Waals surface area contributed by atoms with E-state index in [-0.39, 0.29) is 23.9 Å². The molecule has 1 aromatic heterocycles. The van der Waals surface area contributed by atoms with Crippen molar-refractivity contribution >= 4 is 12.1 Å². The van der Waals surface area contributed by atoms with Gasteiger partial charge < -0.3 is 24.5 Å². The molecule has 0 bridgehead atoms. The molecule has 128 valence electrons. The Morgan fingerprint density at radius 1 is 1.30 bits per heavy atom. The highest BCUT2D eigenvalue weighted by atomic mass is 16.6. The van der Waals surface area contributed by atoms with Gasteiger partial charge in [0.15, 0.2) is 0 Å². The summed E-state index contributed by atoms with van der Waals surface area (Å²) in [6.07, 6.45) is 2.73. The second-order valence-corrected chi connectivity index (χ2v) is 6.66. The van der Waals surface area contributed by atoms with Gasteiger partial charge in [-0.2, -0.15) is 0 Å². The van der Waals surface area contributed by atoms with Crippen molar-refractivity contribution in [2.75, 3.05) is 7.11 Å². The summed E-state index contributed by atoms with van der Waals surface area (Å²) in [7, 11) is 1.32. The summed E-state index contributed by atoms with van der Waals surface area (Å²) < 4.78 is 15.0. The predicted octanol–water partition coefficient (Wildman–Crippen LogP) is 2.21. The van der Waals surface area contributed by atoms with Crippen LogP contribution in [-0.4, -0.2) is 36.9 Å². The van der Waals surface area contributed by atoms with Crippen LogP contribution in [0.5, 0.6) is 0 Å². The maximum absolute atomic E-state index is 11.6. The minimum absolute atomic E-state index is 0.117. The molecule has 1 amide bonds. The van der Waals surface area contributed by atoms with Gasteiger partial charge in [0.2, 0.25) is 5.76 Å². The minimum Gasteiger partial charge on any atom is -0.463 e. The van der Waals surface area contributed by atoms with Crippen molar-refractivity contribution in [3.8, 4) is 0 Å². The number of rotatable bonds is 5. The molecule has 0 aliphatic heterocycles. The molecule has 2 rings (SSSR count). The van der Waals surface area contributed by atoms with E-state index in [1.807, 2.05) is 20.8 Å². The van der Waals surface area contributed by atoms with Crippen LogP contribution in [0.15, 0.2) is 16.7 Å². The number of carbonyl (C=O) groups is 2. The second-order valence-electron chi connectivity index (χ2n) is 6.66. The van der Waals surface area contributed by atoms with E-state index in [4.69, 9.17) is 9.15 Å². The fourth-order valence-electron chi connectivity index (χ4n) is 2.38. The Balaban J connectivity index is 1.70. The first-order valence-electron chi connectivity index (χ1n) is 7.66. The number of carbonyl (C=O) groups excluding carboxylic acids is 2. The van der Waals surface area contributed by atoms with Crippen molar-refractivity contribution < 1.29 is 23.5 Å². The van der Waals surface area contributed by atoms with Crippen molar-refractivity contribution in [2.24, 2.45) is 0 Å². The van der Waals surface area contributed by atoms with Crippen molar-refractivity contribution in [1.29, 1.82) is 0 Å². The molecule has 1 fully saturated rings. The standard InChI is InChI=1S/C16H24N2O5/c1-16(2,3)23-15(20)18-12-7-11(8-12)17-9-10-5-6-22-13(10)14(19)21-4/h5-6,11-12,17H,7-9H2,1-4H3,(H,18,20). The van der Waals surface area contributed by atoms with E-state index in [9.17, 15) is 9.59 Å². The lowest BCUT2D eigenvalue weighted by Gasteiger charge is -2.36. The smallest absolute Gasteiger partial charge is 0.407 e. The highest BCUT2D eigenvalue weighted by molar-refractivity contribution is 5.87. The van der Waals surface area contributed by atoms with Gasteiger partial charge in [0.1, 0.15) is 5.60 Å². The summed E-state index contributed by atoms with van der Waals surface area (Å²) in [6, 6.07) is 2.15. The third-order valence-electron chi connectivity index (χ3n) is 3.56. The van der Waals surface area contributed by atoms with E-state index in [1.165, 1.54) is 13.4 Å². The third kappa shape index (κ3) is 4.99. The number of nitrogens with one attached hydrogen (secondary N) is 2. The van der Waals surface area contributed by atoms with Crippen LogP contribution in [0.2, 0.25) is 0 Å². The molecule has 23 heavy (non-hydrogen) atoms. The number of methoxy groups -OCH3 is 1. The van der Waals surface area contributed by atoms with Gasteiger partial charge in [-0.05, 0) is 39.7 Å². The number of esters is 1.